The van der Waals surface area contributed by atoms with Gasteiger partial charge in [-0.1, -0.05) is 18.5 Å². The van der Waals surface area contributed by atoms with Crippen LogP contribution in [0.2, 0.25) is 5.02 Å². The summed E-state index contributed by atoms with van der Waals surface area (Å²) in [6.45, 7) is 3.76. The number of phenols is 1. The lowest BCUT2D eigenvalue weighted by Gasteiger charge is -2.30. The van der Waals surface area contributed by atoms with Gasteiger partial charge in [0.1, 0.15) is 5.75 Å². The van der Waals surface area contributed by atoms with Crippen LogP contribution in [0.1, 0.15) is 19.8 Å². The molecule has 2 rings (SSSR count). The predicted octanol–water partition coefficient (Wildman–Crippen LogP) is 3.31. The smallest absolute Gasteiger partial charge is 0.321 e. The molecule has 1 aromatic carbocycles. The van der Waals surface area contributed by atoms with Gasteiger partial charge in [-0.15, -0.1) is 0 Å². The first-order valence-corrected chi connectivity index (χ1v) is 6.48. The second-order valence-corrected chi connectivity index (χ2v) is 5.17. The van der Waals surface area contributed by atoms with Gasteiger partial charge in [0, 0.05) is 19.2 Å². The first-order chi connectivity index (χ1) is 8.56. The van der Waals surface area contributed by atoms with Gasteiger partial charge in [0.2, 0.25) is 0 Å². The van der Waals surface area contributed by atoms with E-state index < -0.39 is 0 Å². The molecule has 4 nitrogen and oxygen atoms in total. The average molecular weight is 269 g/mol. The van der Waals surface area contributed by atoms with Gasteiger partial charge in [0.25, 0.3) is 0 Å². The summed E-state index contributed by atoms with van der Waals surface area (Å²) in [5, 5.41) is 12.3. The number of rotatable bonds is 1. The number of phenolic OH excluding ortho intramolecular Hbond substituents is 1. The van der Waals surface area contributed by atoms with Gasteiger partial charge < -0.3 is 15.3 Å². The molecular formula is C13H17ClN2O2. The molecule has 0 bridgehead atoms. The molecule has 18 heavy (non-hydrogen) atoms. The second-order valence-electron chi connectivity index (χ2n) is 4.76. The maximum atomic E-state index is 12.0. The molecular weight excluding hydrogens is 252 g/mol. The zero-order chi connectivity index (χ0) is 13.1. The Kier molecular flexibility index (Phi) is 3.97. The molecule has 0 aliphatic carbocycles. The number of aromatic hydroxyl groups is 1. The van der Waals surface area contributed by atoms with Crippen molar-refractivity contribution >= 4 is 23.3 Å². The summed E-state index contributed by atoms with van der Waals surface area (Å²) in [6.07, 6.45) is 2.08. The van der Waals surface area contributed by atoms with Gasteiger partial charge >= 0.3 is 6.03 Å². The van der Waals surface area contributed by atoms with Crippen molar-refractivity contribution in [3.8, 4) is 5.75 Å². The topological polar surface area (TPSA) is 52.6 Å². The number of nitrogens with zero attached hydrogens (tertiary/aromatic N) is 1. The summed E-state index contributed by atoms with van der Waals surface area (Å²) in [6, 6.07) is 4.38. The summed E-state index contributed by atoms with van der Waals surface area (Å²) >= 11 is 5.94. The summed E-state index contributed by atoms with van der Waals surface area (Å²) in [5.74, 6) is 0.774. The van der Waals surface area contributed by atoms with Crippen molar-refractivity contribution < 1.29 is 9.90 Å². The average Bonchev–Trinajstić information content (AvgIpc) is 2.33. The molecule has 2 amide bonds. The van der Waals surface area contributed by atoms with E-state index in [-0.39, 0.29) is 11.8 Å². The molecule has 1 fully saturated rings. The molecule has 1 heterocycles. The predicted molar refractivity (Wildman–Crippen MR) is 72.1 cm³/mol. The molecule has 0 saturated carbocycles. The van der Waals surface area contributed by atoms with Crippen molar-refractivity contribution in [2.45, 2.75) is 19.8 Å². The van der Waals surface area contributed by atoms with Crippen LogP contribution in [0, 0.1) is 5.92 Å². The number of amides is 2. The third kappa shape index (κ3) is 3.07. The Bertz CT molecular complexity index is 443. The fraction of sp³-hybridized carbons (Fsp3) is 0.462. The van der Waals surface area contributed by atoms with E-state index in [1.54, 1.807) is 11.0 Å². The van der Waals surface area contributed by atoms with E-state index in [4.69, 9.17) is 11.6 Å². The van der Waals surface area contributed by atoms with Crippen LogP contribution < -0.4 is 5.32 Å². The fourth-order valence-corrected chi connectivity index (χ4v) is 2.23. The molecule has 0 aromatic heterocycles. The highest BCUT2D eigenvalue weighted by atomic mass is 35.5. The summed E-state index contributed by atoms with van der Waals surface area (Å²) in [7, 11) is 0. The van der Waals surface area contributed by atoms with Crippen molar-refractivity contribution in [3.63, 3.8) is 0 Å². The van der Waals surface area contributed by atoms with Crippen LogP contribution in [0.4, 0.5) is 10.5 Å². The monoisotopic (exact) mass is 268 g/mol. The Morgan fingerprint density at radius 3 is 2.72 bits per heavy atom. The molecule has 0 unspecified atom stereocenters. The highest BCUT2D eigenvalue weighted by Gasteiger charge is 2.20. The fourth-order valence-electron chi connectivity index (χ4n) is 2.01. The summed E-state index contributed by atoms with van der Waals surface area (Å²) in [4.78, 5) is 13.8. The zero-order valence-electron chi connectivity index (χ0n) is 10.3. The number of hydrogen-bond donors (Lipinski definition) is 2. The number of likely N-dealkylation sites (tertiary alicyclic amines) is 1. The lowest BCUT2D eigenvalue weighted by molar-refractivity contribution is 0.186. The van der Waals surface area contributed by atoms with Crippen LogP contribution in [0.5, 0.6) is 5.75 Å². The van der Waals surface area contributed by atoms with Gasteiger partial charge in [0.05, 0.1) is 10.7 Å². The van der Waals surface area contributed by atoms with Crippen molar-refractivity contribution in [2.24, 2.45) is 5.92 Å². The van der Waals surface area contributed by atoms with Crippen LogP contribution in [0.25, 0.3) is 0 Å². The third-order valence-corrected chi connectivity index (χ3v) is 3.58. The van der Waals surface area contributed by atoms with Gasteiger partial charge in [0.15, 0.2) is 0 Å². The standard InChI is InChI=1S/C13H17ClN2O2/c1-9-4-6-16(7-5-9)13(18)15-12-3-2-10(17)8-11(12)14/h2-3,8-9,17H,4-7H2,1H3,(H,15,18). The normalized spacial score (nSPS) is 16.7. The number of carbonyl (C=O) groups is 1. The Morgan fingerprint density at radius 2 is 2.11 bits per heavy atom. The molecule has 0 radical (unpaired) electrons. The molecule has 2 N–H and O–H groups in total. The van der Waals surface area contributed by atoms with Crippen LogP contribution >= 0.6 is 11.6 Å². The number of benzene rings is 1. The molecule has 0 spiro atoms. The van der Waals surface area contributed by atoms with E-state index in [1.807, 2.05) is 0 Å². The van der Waals surface area contributed by atoms with Crippen molar-refractivity contribution in [1.29, 1.82) is 0 Å². The first-order valence-electron chi connectivity index (χ1n) is 6.10. The van der Waals surface area contributed by atoms with E-state index in [0.717, 1.165) is 25.9 Å². The quantitative estimate of drug-likeness (QED) is 0.768. The molecule has 98 valence electrons. The zero-order valence-corrected chi connectivity index (χ0v) is 11.1. The lowest BCUT2D eigenvalue weighted by atomic mass is 10.00. The van der Waals surface area contributed by atoms with Crippen molar-refractivity contribution in [3.05, 3.63) is 23.2 Å². The molecule has 1 aromatic rings. The maximum absolute atomic E-state index is 12.0. The first kappa shape index (κ1) is 13.0. The van der Waals surface area contributed by atoms with Crippen LogP contribution in [0.15, 0.2) is 18.2 Å². The minimum Gasteiger partial charge on any atom is -0.508 e. The van der Waals surface area contributed by atoms with Gasteiger partial charge in [-0.25, -0.2) is 4.79 Å². The number of halogens is 1. The van der Waals surface area contributed by atoms with E-state index in [2.05, 4.69) is 12.2 Å². The number of hydrogen-bond acceptors (Lipinski definition) is 2. The van der Waals surface area contributed by atoms with E-state index in [9.17, 15) is 9.90 Å². The number of nitrogens with one attached hydrogen (secondary N) is 1. The van der Waals surface area contributed by atoms with Gasteiger partial charge in [-0.05, 0) is 30.9 Å². The van der Waals surface area contributed by atoms with Crippen LogP contribution in [0.3, 0.4) is 0 Å². The summed E-state index contributed by atoms with van der Waals surface area (Å²) < 4.78 is 0. The van der Waals surface area contributed by atoms with Gasteiger partial charge in [-0.3, -0.25) is 0 Å². The van der Waals surface area contributed by atoms with E-state index >= 15 is 0 Å². The summed E-state index contributed by atoms with van der Waals surface area (Å²) in [5.41, 5.74) is 0.526. The number of piperidine rings is 1. The minimum atomic E-state index is -0.130. The largest absolute Gasteiger partial charge is 0.508 e. The van der Waals surface area contributed by atoms with Crippen molar-refractivity contribution in [2.75, 3.05) is 18.4 Å². The van der Waals surface area contributed by atoms with Crippen LogP contribution in [-0.4, -0.2) is 29.1 Å². The Balaban J connectivity index is 1.98. The number of carbonyl (C=O) groups excluding carboxylic acids is 1. The molecule has 5 heteroatoms. The maximum Gasteiger partial charge on any atom is 0.321 e. The second kappa shape index (κ2) is 5.48. The van der Waals surface area contributed by atoms with Gasteiger partial charge in [-0.2, -0.15) is 0 Å². The Labute approximate surface area is 112 Å². The van der Waals surface area contributed by atoms with E-state index in [1.165, 1.54) is 12.1 Å². The Hall–Kier alpha value is -1.42. The molecule has 1 aliphatic rings. The van der Waals surface area contributed by atoms with E-state index in [0.29, 0.717) is 16.6 Å². The Morgan fingerprint density at radius 1 is 1.44 bits per heavy atom. The third-order valence-electron chi connectivity index (χ3n) is 3.27. The van der Waals surface area contributed by atoms with Crippen molar-refractivity contribution in [1.82, 2.24) is 4.90 Å². The molecule has 1 aliphatic heterocycles. The minimum absolute atomic E-state index is 0.0878. The SMILES string of the molecule is CC1CCN(C(=O)Nc2ccc(O)cc2Cl)CC1. The molecule has 0 atom stereocenters. The highest BCUT2D eigenvalue weighted by molar-refractivity contribution is 6.33. The number of anilines is 1. The van der Waals surface area contributed by atoms with Crippen LogP contribution in [-0.2, 0) is 0 Å². The number of urea groups is 1. The highest BCUT2D eigenvalue weighted by Crippen LogP contribution is 2.26. The lowest BCUT2D eigenvalue weighted by Crippen LogP contribution is -2.40. The molecule has 1 saturated heterocycles.